The lowest BCUT2D eigenvalue weighted by atomic mass is 9.99. The topological polar surface area (TPSA) is 131 Å². The first-order valence-electron chi connectivity index (χ1n) is 11.8. The number of rotatable bonds is 13. The Morgan fingerprint density at radius 1 is 0.765 bits per heavy atom. The minimum absolute atomic E-state index is 0.0126. The number of hydrogen-bond acceptors (Lipinski definition) is 6. The maximum Gasteiger partial charge on any atom is 0.408 e. The number of hydrogen-bond donors (Lipinski definition) is 3. The van der Waals surface area contributed by atoms with E-state index in [9.17, 15) is 26.7 Å². The molecule has 0 saturated carbocycles. The van der Waals surface area contributed by atoms with Crippen molar-refractivity contribution in [3.63, 3.8) is 0 Å². The van der Waals surface area contributed by atoms with Crippen LogP contribution < -0.4 is 16.0 Å². The van der Waals surface area contributed by atoms with Gasteiger partial charge in [-0.1, -0.05) is 41.5 Å². The van der Waals surface area contributed by atoms with Crippen LogP contribution >= 0.6 is 0 Å². The van der Waals surface area contributed by atoms with E-state index in [1.54, 1.807) is 20.8 Å². The molecule has 0 saturated heterocycles. The Kier molecular flexibility index (Phi) is 13.1. The highest BCUT2D eigenvalue weighted by Gasteiger charge is 2.31. The van der Waals surface area contributed by atoms with Crippen LogP contribution in [-0.4, -0.2) is 55.8 Å². The summed E-state index contributed by atoms with van der Waals surface area (Å²) in [4.78, 5) is 38.3. The van der Waals surface area contributed by atoms with Gasteiger partial charge in [0.15, 0.2) is 0 Å². The van der Waals surface area contributed by atoms with Gasteiger partial charge >= 0.3 is 16.3 Å². The highest BCUT2D eigenvalue weighted by Crippen LogP contribution is 2.13. The van der Waals surface area contributed by atoms with Crippen LogP contribution in [0.4, 0.5) is 8.68 Å². The fourth-order valence-corrected chi connectivity index (χ4v) is 4.11. The van der Waals surface area contributed by atoms with Crippen molar-refractivity contribution in [3.05, 3.63) is 0 Å². The molecule has 0 fully saturated rings. The Morgan fingerprint density at radius 3 is 1.56 bits per heavy atom. The van der Waals surface area contributed by atoms with E-state index in [-0.39, 0.29) is 30.6 Å². The lowest BCUT2D eigenvalue weighted by molar-refractivity contribution is -0.131. The van der Waals surface area contributed by atoms with Crippen molar-refractivity contribution < 1.29 is 31.4 Å². The van der Waals surface area contributed by atoms with Crippen LogP contribution in [0.3, 0.4) is 0 Å². The van der Waals surface area contributed by atoms with Gasteiger partial charge in [-0.2, -0.15) is 8.42 Å². The molecular weight excluding hydrogens is 465 g/mol. The first-order valence-corrected chi connectivity index (χ1v) is 13.4. The van der Waals surface area contributed by atoms with E-state index in [1.807, 2.05) is 41.5 Å². The van der Waals surface area contributed by atoms with Gasteiger partial charge in [0.1, 0.15) is 23.4 Å². The molecule has 0 bridgehead atoms. The fourth-order valence-electron chi connectivity index (χ4n) is 3.41. The van der Waals surface area contributed by atoms with E-state index in [1.165, 1.54) is 0 Å². The highest BCUT2D eigenvalue weighted by molar-refractivity contribution is 7.86. The molecule has 0 aromatic carbocycles. The molecule has 3 atom stereocenters. The maximum atomic E-state index is 13.3. The number of nitrogens with one attached hydrogen (secondary N) is 3. The lowest BCUT2D eigenvalue weighted by Crippen LogP contribution is -2.56. The van der Waals surface area contributed by atoms with Gasteiger partial charge in [-0.25, -0.2) is 4.79 Å². The summed E-state index contributed by atoms with van der Waals surface area (Å²) in [7, 11) is -4.81. The van der Waals surface area contributed by atoms with E-state index in [4.69, 9.17) is 4.74 Å². The predicted molar refractivity (Wildman–Crippen MR) is 130 cm³/mol. The van der Waals surface area contributed by atoms with Gasteiger partial charge in [0.25, 0.3) is 0 Å². The van der Waals surface area contributed by atoms with Crippen LogP contribution in [0.2, 0.25) is 0 Å². The third kappa shape index (κ3) is 15.8. The Labute approximate surface area is 204 Å². The number of carbonyl (C=O) groups excluding carboxylic acids is 3. The van der Waals surface area contributed by atoms with Crippen molar-refractivity contribution in [3.8, 4) is 0 Å². The molecule has 0 aliphatic heterocycles. The molecule has 0 aliphatic rings. The third-order valence-corrected chi connectivity index (χ3v) is 5.36. The van der Waals surface area contributed by atoms with Crippen molar-refractivity contribution in [1.29, 1.82) is 0 Å². The molecule has 3 amide bonds. The second-order valence-corrected chi connectivity index (χ2v) is 12.5. The Morgan fingerprint density at radius 2 is 1.18 bits per heavy atom. The largest absolute Gasteiger partial charge is 0.444 e. The van der Waals surface area contributed by atoms with E-state index in [2.05, 4.69) is 16.0 Å². The van der Waals surface area contributed by atoms with Gasteiger partial charge < -0.3 is 20.7 Å². The lowest BCUT2D eigenvalue weighted by Gasteiger charge is -2.28. The summed E-state index contributed by atoms with van der Waals surface area (Å²) in [5.74, 6) is -1.90. The van der Waals surface area contributed by atoms with Crippen LogP contribution in [0.25, 0.3) is 0 Å². The van der Waals surface area contributed by atoms with Gasteiger partial charge in [0.05, 0.1) is 0 Å². The van der Waals surface area contributed by atoms with Crippen LogP contribution in [0, 0.1) is 17.8 Å². The molecule has 34 heavy (non-hydrogen) atoms. The van der Waals surface area contributed by atoms with Gasteiger partial charge in [-0.15, -0.1) is 3.89 Å². The van der Waals surface area contributed by atoms with Crippen molar-refractivity contribution in [2.75, 3.05) is 5.75 Å². The molecular formula is C23H44FN3O6S. The number of carbonyl (C=O) groups is 3. The molecule has 0 rings (SSSR count). The summed E-state index contributed by atoms with van der Waals surface area (Å²) in [5.41, 5.74) is -0.745. The van der Waals surface area contributed by atoms with E-state index in [0.29, 0.717) is 6.42 Å². The van der Waals surface area contributed by atoms with Gasteiger partial charge in [-0.3, -0.25) is 9.59 Å². The molecule has 0 heterocycles. The number of alkyl carbamates (subject to hydrolysis) is 1. The molecule has 0 aromatic rings. The first kappa shape index (κ1) is 32.1. The van der Waals surface area contributed by atoms with E-state index in [0.717, 1.165) is 0 Å². The molecule has 11 heteroatoms. The normalized spacial score (nSPS) is 15.1. The zero-order valence-corrected chi connectivity index (χ0v) is 22.8. The van der Waals surface area contributed by atoms with Crippen molar-refractivity contribution in [2.24, 2.45) is 17.8 Å². The maximum absolute atomic E-state index is 13.3. The molecule has 3 N–H and O–H groups in total. The van der Waals surface area contributed by atoms with E-state index < -0.39 is 57.6 Å². The van der Waals surface area contributed by atoms with Crippen LogP contribution in [0.1, 0.15) is 81.6 Å². The first-order chi connectivity index (χ1) is 15.3. The third-order valence-electron chi connectivity index (χ3n) is 4.56. The summed E-state index contributed by atoms with van der Waals surface area (Å²) < 4.78 is 40.9. The average molecular weight is 510 g/mol. The standard InChI is InChI=1S/C23H44FN3O6S/c1-14(2)10-17(13-34(24,31)32)25-20(28)18(11-15(3)4)26-21(29)19(12-16(5)6)27-22(30)33-23(7,8)9/h14-19H,10-13H2,1-9H3,(H,25,28)(H,26,29)(H,27,30)/t17-,18-,19-/m0/s1. The smallest absolute Gasteiger partial charge is 0.408 e. The van der Waals surface area contributed by atoms with Crippen molar-refractivity contribution in [2.45, 2.75) is 105 Å². The fraction of sp³-hybridized carbons (Fsp3) is 0.870. The quantitative estimate of drug-likeness (QED) is 0.327. The van der Waals surface area contributed by atoms with Crippen LogP contribution in [0.5, 0.6) is 0 Å². The number of amides is 3. The van der Waals surface area contributed by atoms with Crippen molar-refractivity contribution >= 4 is 28.1 Å². The van der Waals surface area contributed by atoms with Crippen molar-refractivity contribution in [1.82, 2.24) is 16.0 Å². The minimum atomic E-state index is -4.81. The minimum Gasteiger partial charge on any atom is -0.444 e. The second kappa shape index (κ2) is 13.8. The summed E-state index contributed by atoms with van der Waals surface area (Å²) in [6, 6.07) is -2.85. The summed E-state index contributed by atoms with van der Waals surface area (Å²) >= 11 is 0. The highest BCUT2D eigenvalue weighted by atomic mass is 32.3. The zero-order chi connectivity index (χ0) is 26.9. The van der Waals surface area contributed by atoms with Gasteiger partial charge in [-0.05, 0) is 57.8 Å². The SMILES string of the molecule is CC(C)C[C@@H](CS(=O)(=O)F)NC(=O)[C@H](CC(C)C)NC(=O)[C@H](CC(C)C)NC(=O)OC(C)(C)C. The molecule has 0 aromatic heterocycles. The Hall–Kier alpha value is -1.91. The molecule has 200 valence electrons. The molecule has 9 nitrogen and oxygen atoms in total. The van der Waals surface area contributed by atoms with Crippen LogP contribution in [0.15, 0.2) is 0 Å². The molecule has 0 radical (unpaired) electrons. The monoisotopic (exact) mass is 509 g/mol. The summed E-state index contributed by atoms with van der Waals surface area (Å²) in [6.45, 7) is 16.3. The molecule has 0 aliphatic carbocycles. The predicted octanol–water partition coefficient (Wildman–Crippen LogP) is 3.29. The van der Waals surface area contributed by atoms with Gasteiger partial charge in [0.2, 0.25) is 11.8 Å². The zero-order valence-electron chi connectivity index (χ0n) is 22.0. The summed E-state index contributed by atoms with van der Waals surface area (Å²) in [6.07, 6.45) is 0.100. The number of halogens is 1. The Bertz CT molecular complexity index is 778. The summed E-state index contributed by atoms with van der Waals surface area (Å²) in [5, 5.41) is 7.83. The average Bonchev–Trinajstić information content (AvgIpc) is 2.55. The second-order valence-electron chi connectivity index (χ2n) is 11.1. The van der Waals surface area contributed by atoms with Crippen LogP contribution in [-0.2, 0) is 24.5 Å². The van der Waals surface area contributed by atoms with Gasteiger partial charge in [0, 0.05) is 6.04 Å². The van der Waals surface area contributed by atoms with E-state index >= 15 is 0 Å². The molecule has 0 unspecified atom stereocenters. The number of ether oxygens (including phenoxy) is 1. The molecule has 0 spiro atoms. The Balaban J connectivity index is 5.59.